The molecule has 0 aliphatic heterocycles. The third-order valence-corrected chi connectivity index (χ3v) is 6.15. The van der Waals surface area contributed by atoms with Crippen LogP contribution in [0.15, 0.2) is 83.1 Å². The summed E-state index contributed by atoms with van der Waals surface area (Å²) in [5, 5.41) is 24.1. The van der Waals surface area contributed by atoms with E-state index >= 15 is 0 Å². The number of hydrazone groups is 1. The van der Waals surface area contributed by atoms with E-state index < -0.39 is 4.92 Å². The normalized spacial score (nSPS) is 10.9. The molecule has 1 amide bonds. The Morgan fingerprint density at radius 1 is 1.17 bits per heavy atom. The van der Waals surface area contributed by atoms with Crippen LogP contribution in [0.4, 0.5) is 5.69 Å². The highest BCUT2D eigenvalue weighted by atomic mass is 35.5. The number of carbonyl (C=O) groups excluding carboxylic acids is 1. The molecule has 4 aromatic rings. The van der Waals surface area contributed by atoms with Gasteiger partial charge in [-0.15, -0.1) is 10.2 Å². The zero-order valence-electron chi connectivity index (χ0n) is 18.9. The number of benzene rings is 3. The van der Waals surface area contributed by atoms with Crippen molar-refractivity contribution in [2.45, 2.75) is 5.16 Å². The fourth-order valence-corrected chi connectivity index (χ4v) is 4.12. The monoisotopic (exact) mass is 522 g/mol. The molecule has 182 valence electrons. The molecule has 36 heavy (non-hydrogen) atoms. The Hall–Kier alpha value is -4.22. The predicted octanol–water partition coefficient (Wildman–Crippen LogP) is 4.75. The van der Waals surface area contributed by atoms with Crippen LogP contribution in [0.1, 0.15) is 5.56 Å². The Bertz CT molecular complexity index is 1410. The lowest BCUT2D eigenvalue weighted by Gasteiger charge is -2.10. The summed E-state index contributed by atoms with van der Waals surface area (Å²) in [6.07, 6.45) is 1.31. The number of halogens is 1. The van der Waals surface area contributed by atoms with Gasteiger partial charge in [0.2, 0.25) is 0 Å². The van der Waals surface area contributed by atoms with Crippen molar-refractivity contribution < 1.29 is 14.5 Å². The molecule has 1 N–H and O–H groups in total. The number of rotatable bonds is 9. The molecule has 3 aromatic carbocycles. The molecular weight excluding hydrogens is 504 g/mol. The summed E-state index contributed by atoms with van der Waals surface area (Å²) in [5.74, 6) is 0.984. The van der Waals surface area contributed by atoms with Gasteiger partial charge in [0.25, 0.3) is 11.6 Å². The third-order valence-electron chi connectivity index (χ3n) is 4.90. The number of amides is 1. The van der Waals surface area contributed by atoms with Crippen molar-refractivity contribution in [2.24, 2.45) is 5.10 Å². The van der Waals surface area contributed by atoms with Gasteiger partial charge < -0.3 is 4.74 Å². The van der Waals surface area contributed by atoms with Gasteiger partial charge in [-0.2, -0.15) is 5.10 Å². The highest BCUT2D eigenvalue weighted by Gasteiger charge is 2.17. The van der Waals surface area contributed by atoms with Crippen LogP contribution >= 0.6 is 23.4 Å². The quantitative estimate of drug-likeness (QED) is 0.145. The molecular formula is C24H19ClN6O4S. The summed E-state index contributed by atoms with van der Waals surface area (Å²) in [6.45, 7) is 0. The van der Waals surface area contributed by atoms with Crippen LogP contribution in [0, 0.1) is 10.1 Å². The van der Waals surface area contributed by atoms with E-state index in [2.05, 4.69) is 20.7 Å². The van der Waals surface area contributed by atoms with Gasteiger partial charge in [0, 0.05) is 22.9 Å². The number of para-hydroxylation sites is 1. The topological polar surface area (TPSA) is 125 Å². The van der Waals surface area contributed by atoms with E-state index in [9.17, 15) is 14.9 Å². The summed E-state index contributed by atoms with van der Waals surface area (Å²) >= 11 is 7.01. The molecule has 0 saturated carbocycles. The molecule has 0 atom stereocenters. The first-order chi connectivity index (χ1) is 17.5. The van der Waals surface area contributed by atoms with Crippen molar-refractivity contribution in [3.63, 3.8) is 0 Å². The molecule has 4 rings (SSSR count). The van der Waals surface area contributed by atoms with Crippen LogP contribution in [0.2, 0.25) is 5.02 Å². The molecule has 0 bridgehead atoms. The van der Waals surface area contributed by atoms with Gasteiger partial charge in [-0.3, -0.25) is 19.5 Å². The number of thioether (sulfide) groups is 1. The molecule has 0 saturated heterocycles. The fourth-order valence-electron chi connectivity index (χ4n) is 3.19. The average molecular weight is 523 g/mol. The number of nitro benzene ring substituents is 1. The summed E-state index contributed by atoms with van der Waals surface area (Å²) in [5.41, 5.74) is 4.28. The van der Waals surface area contributed by atoms with E-state index in [4.69, 9.17) is 16.3 Å². The van der Waals surface area contributed by atoms with Crippen LogP contribution in [0.5, 0.6) is 5.75 Å². The Labute approximate surface area is 215 Å². The van der Waals surface area contributed by atoms with E-state index in [1.807, 2.05) is 59.2 Å². The highest BCUT2D eigenvalue weighted by Crippen LogP contribution is 2.29. The third kappa shape index (κ3) is 5.88. The van der Waals surface area contributed by atoms with E-state index in [1.54, 1.807) is 13.2 Å². The van der Waals surface area contributed by atoms with Crippen LogP contribution in [0.25, 0.3) is 17.1 Å². The first-order valence-corrected chi connectivity index (χ1v) is 11.9. The molecule has 0 fully saturated rings. The number of ether oxygens (including phenoxy) is 1. The van der Waals surface area contributed by atoms with E-state index in [0.717, 1.165) is 17.0 Å². The predicted molar refractivity (Wildman–Crippen MR) is 138 cm³/mol. The summed E-state index contributed by atoms with van der Waals surface area (Å²) in [6, 6.07) is 21.3. The van der Waals surface area contributed by atoms with E-state index in [0.29, 0.717) is 16.5 Å². The van der Waals surface area contributed by atoms with Gasteiger partial charge in [-0.25, -0.2) is 5.43 Å². The van der Waals surface area contributed by atoms with Crippen molar-refractivity contribution in [3.8, 4) is 22.8 Å². The van der Waals surface area contributed by atoms with Crippen LogP contribution in [-0.4, -0.2) is 44.7 Å². The minimum atomic E-state index is -0.585. The largest absolute Gasteiger partial charge is 0.497 e. The molecule has 0 aliphatic carbocycles. The fraction of sp³-hybridized carbons (Fsp3) is 0.0833. The van der Waals surface area contributed by atoms with Gasteiger partial charge in [0.05, 0.1) is 24.0 Å². The second-order valence-electron chi connectivity index (χ2n) is 7.26. The molecule has 10 nitrogen and oxygen atoms in total. The Morgan fingerprint density at radius 3 is 2.61 bits per heavy atom. The molecule has 1 aromatic heterocycles. The zero-order valence-corrected chi connectivity index (χ0v) is 20.4. The molecule has 12 heteroatoms. The standard InChI is InChI=1S/C24H19ClN6O4S/c1-35-19-10-8-17(9-11-19)23-28-29-24(30(23)18-5-3-2-4-6-18)36-15-22(32)27-26-14-16-7-12-20(25)21(13-16)31(33)34/h2-14H,15H2,1H3,(H,27,32)/b26-14-. The lowest BCUT2D eigenvalue weighted by atomic mass is 10.2. The molecule has 0 radical (unpaired) electrons. The smallest absolute Gasteiger partial charge is 0.288 e. The van der Waals surface area contributed by atoms with E-state index in [-0.39, 0.29) is 22.4 Å². The van der Waals surface area contributed by atoms with Gasteiger partial charge in [0.15, 0.2) is 11.0 Å². The lowest BCUT2D eigenvalue weighted by Crippen LogP contribution is -2.20. The number of aromatic nitrogens is 3. The minimum Gasteiger partial charge on any atom is -0.497 e. The molecule has 0 aliphatic rings. The number of methoxy groups -OCH3 is 1. The number of nitro groups is 1. The van der Waals surface area contributed by atoms with Crippen molar-refractivity contribution in [2.75, 3.05) is 12.9 Å². The van der Waals surface area contributed by atoms with Gasteiger partial charge >= 0.3 is 0 Å². The van der Waals surface area contributed by atoms with Gasteiger partial charge in [-0.05, 0) is 42.5 Å². The van der Waals surface area contributed by atoms with Gasteiger partial charge in [0.1, 0.15) is 10.8 Å². The number of nitrogens with zero attached hydrogens (tertiary/aromatic N) is 5. The van der Waals surface area contributed by atoms with Crippen molar-refractivity contribution >= 4 is 41.2 Å². The van der Waals surface area contributed by atoms with Crippen LogP contribution in [0.3, 0.4) is 0 Å². The molecule has 0 unspecified atom stereocenters. The second kappa shape index (κ2) is 11.5. The number of hydrogen-bond acceptors (Lipinski definition) is 8. The SMILES string of the molecule is COc1ccc(-c2nnc(SCC(=O)N/N=C\c3ccc(Cl)c([N+](=O)[O-])c3)n2-c2ccccc2)cc1. The summed E-state index contributed by atoms with van der Waals surface area (Å²) in [4.78, 5) is 22.8. The average Bonchev–Trinajstić information content (AvgIpc) is 3.33. The Morgan fingerprint density at radius 2 is 1.92 bits per heavy atom. The zero-order chi connectivity index (χ0) is 25.5. The highest BCUT2D eigenvalue weighted by molar-refractivity contribution is 7.99. The molecule has 0 spiro atoms. The van der Waals surface area contributed by atoms with Crippen molar-refractivity contribution in [3.05, 3.63) is 93.5 Å². The molecule has 1 heterocycles. The number of carbonyl (C=O) groups is 1. The number of nitrogens with one attached hydrogen (secondary N) is 1. The Balaban J connectivity index is 1.48. The van der Waals surface area contributed by atoms with Crippen LogP contribution < -0.4 is 10.2 Å². The van der Waals surface area contributed by atoms with Crippen molar-refractivity contribution in [1.29, 1.82) is 0 Å². The maximum atomic E-state index is 12.4. The van der Waals surface area contributed by atoms with Crippen LogP contribution in [-0.2, 0) is 4.79 Å². The first-order valence-electron chi connectivity index (χ1n) is 10.5. The minimum absolute atomic E-state index is 0.0195. The Kier molecular flexibility index (Phi) is 7.93. The van der Waals surface area contributed by atoms with E-state index in [1.165, 1.54) is 30.1 Å². The van der Waals surface area contributed by atoms with Gasteiger partial charge in [-0.1, -0.05) is 47.6 Å². The second-order valence-corrected chi connectivity index (χ2v) is 8.61. The maximum absolute atomic E-state index is 12.4. The summed E-state index contributed by atoms with van der Waals surface area (Å²) < 4.78 is 7.10. The maximum Gasteiger partial charge on any atom is 0.288 e. The first kappa shape index (κ1) is 24.9. The summed E-state index contributed by atoms with van der Waals surface area (Å²) in [7, 11) is 1.60. The van der Waals surface area contributed by atoms with Crippen molar-refractivity contribution in [1.82, 2.24) is 20.2 Å². The number of hydrogen-bond donors (Lipinski definition) is 1. The lowest BCUT2D eigenvalue weighted by molar-refractivity contribution is -0.384.